The van der Waals surface area contributed by atoms with Gasteiger partial charge in [0.1, 0.15) is 0 Å². The van der Waals surface area contributed by atoms with Crippen LogP contribution in [0.25, 0.3) is 11.5 Å². The van der Waals surface area contributed by atoms with E-state index in [2.05, 4.69) is 22.3 Å². The van der Waals surface area contributed by atoms with Crippen molar-refractivity contribution in [1.82, 2.24) is 10.2 Å². The van der Waals surface area contributed by atoms with Crippen LogP contribution in [0.5, 0.6) is 0 Å². The number of para-hydroxylation sites is 2. The highest BCUT2D eigenvalue weighted by Crippen LogP contribution is 2.36. The van der Waals surface area contributed by atoms with E-state index in [1.807, 2.05) is 72.5 Å². The topological polar surface area (TPSA) is 59.2 Å². The highest BCUT2D eigenvalue weighted by atomic mass is 32.2. The van der Waals surface area contributed by atoms with Crippen LogP contribution in [-0.4, -0.2) is 21.9 Å². The van der Waals surface area contributed by atoms with Crippen LogP contribution in [0.2, 0.25) is 0 Å². The van der Waals surface area contributed by atoms with Gasteiger partial charge >= 0.3 is 0 Å². The van der Waals surface area contributed by atoms with E-state index in [1.54, 1.807) is 0 Å². The molecule has 154 valence electrons. The molecule has 0 saturated carbocycles. The Kier molecular flexibility index (Phi) is 5.30. The monoisotopic (exact) mass is 427 g/mol. The lowest BCUT2D eigenvalue weighted by atomic mass is 10.0. The normalized spacial score (nSPS) is 12.7. The number of hydrogen-bond acceptors (Lipinski definition) is 5. The van der Waals surface area contributed by atoms with Gasteiger partial charge in [0.25, 0.3) is 5.22 Å². The second-order valence-corrected chi connectivity index (χ2v) is 8.44. The number of nitrogens with zero attached hydrogens (tertiary/aromatic N) is 3. The second kappa shape index (κ2) is 8.40. The van der Waals surface area contributed by atoms with Crippen LogP contribution >= 0.6 is 11.8 Å². The quantitative estimate of drug-likeness (QED) is 0.397. The molecule has 0 aliphatic carbocycles. The smallest absolute Gasteiger partial charge is 0.277 e. The molecule has 1 aromatic heterocycles. The fourth-order valence-electron chi connectivity index (χ4n) is 3.90. The average molecular weight is 428 g/mol. The minimum Gasteiger partial charge on any atom is -0.411 e. The summed E-state index contributed by atoms with van der Waals surface area (Å²) in [5, 5.41) is 8.65. The van der Waals surface area contributed by atoms with E-state index in [-0.39, 0.29) is 11.7 Å². The first-order valence-corrected chi connectivity index (χ1v) is 11.2. The van der Waals surface area contributed by atoms with E-state index >= 15 is 0 Å². The zero-order chi connectivity index (χ0) is 21.2. The first kappa shape index (κ1) is 19.6. The van der Waals surface area contributed by atoms with E-state index in [1.165, 1.54) is 22.9 Å². The van der Waals surface area contributed by atoms with Crippen LogP contribution in [0.4, 0.5) is 11.4 Å². The molecule has 5 rings (SSSR count). The van der Waals surface area contributed by atoms with E-state index in [0.717, 1.165) is 35.3 Å². The number of hydrogen-bond donors (Lipinski definition) is 0. The van der Waals surface area contributed by atoms with Crippen molar-refractivity contribution in [3.63, 3.8) is 0 Å². The molecule has 0 saturated heterocycles. The van der Waals surface area contributed by atoms with Gasteiger partial charge in [-0.15, -0.1) is 10.2 Å². The number of anilines is 2. The lowest BCUT2D eigenvalue weighted by Gasteiger charge is -2.24. The maximum atomic E-state index is 13.4. The number of aryl methyl sites for hydroxylation is 3. The minimum absolute atomic E-state index is 0.0119. The fraction of sp³-hybridized carbons (Fsp3) is 0.160. The molecule has 1 aliphatic rings. The van der Waals surface area contributed by atoms with Crippen LogP contribution in [0.15, 0.2) is 82.4 Å². The van der Waals surface area contributed by atoms with Crippen molar-refractivity contribution in [1.29, 1.82) is 0 Å². The summed E-state index contributed by atoms with van der Waals surface area (Å²) in [6, 6.07) is 24.1. The van der Waals surface area contributed by atoms with Crippen LogP contribution in [0.3, 0.4) is 0 Å². The summed E-state index contributed by atoms with van der Waals surface area (Å²) in [6.45, 7) is 2.02. The molecule has 31 heavy (non-hydrogen) atoms. The van der Waals surface area contributed by atoms with Gasteiger partial charge in [0.05, 0.1) is 17.1 Å². The highest BCUT2D eigenvalue weighted by molar-refractivity contribution is 7.99. The Hall–Kier alpha value is -3.38. The van der Waals surface area contributed by atoms with Crippen molar-refractivity contribution < 1.29 is 9.21 Å². The van der Waals surface area contributed by atoms with Gasteiger partial charge < -0.3 is 4.42 Å². The van der Waals surface area contributed by atoms with Crippen molar-refractivity contribution in [2.75, 3.05) is 10.7 Å². The number of aromatic nitrogens is 2. The standard InChI is InChI=1S/C25H21N3O2S/c1-17-7-6-10-20(15-17)24-26-27-25(30-24)31-16-23(29)28-21-11-4-2-8-18(21)13-14-19-9-3-5-12-22(19)28/h2-12,15H,13-14,16H2,1H3. The molecule has 0 spiro atoms. The molecule has 0 N–H and O–H groups in total. The predicted molar refractivity (Wildman–Crippen MR) is 123 cm³/mol. The molecule has 0 bridgehead atoms. The lowest BCUT2D eigenvalue weighted by Crippen LogP contribution is -2.28. The van der Waals surface area contributed by atoms with Crippen molar-refractivity contribution in [3.8, 4) is 11.5 Å². The van der Waals surface area contributed by atoms with Gasteiger partial charge in [-0.3, -0.25) is 9.69 Å². The van der Waals surface area contributed by atoms with E-state index in [9.17, 15) is 4.79 Å². The maximum absolute atomic E-state index is 13.4. The number of carbonyl (C=O) groups is 1. The fourth-order valence-corrected chi connectivity index (χ4v) is 4.51. The van der Waals surface area contributed by atoms with Gasteiger partial charge in [-0.25, -0.2) is 0 Å². The summed E-state index contributed by atoms with van der Waals surface area (Å²) in [6.07, 6.45) is 1.82. The number of fused-ring (bicyclic) bond motifs is 2. The van der Waals surface area contributed by atoms with Crippen LogP contribution in [-0.2, 0) is 17.6 Å². The Morgan fingerprint density at radius 2 is 1.61 bits per heavy atom. The van der Waals surface area contributed by atoms with Crippen molar-refractivity contribution in [2.24, 2.45) is 0 Å². The summed E-state index contributed by atoms with van der Waals surface area (Å²) in [7, 11) is 0. The third-order valence-electron chi connectivity index (χ3n) is 5.37. The summed E-state index contributed by atoms with van der Waals surface area (Å²) < 4.78 is 5.80. The minimum atomic E-state index is -0.0119. The van der Waals surface area contributed by atoms with Gasteiger partial charge in [0, 0.05) is 5.56 Å². The molecule has 0 radical (unpaired) electrons. The summed E-state index contributed by atoms with van der Waals surface area (Å²) in [5.74, 6) is 0.657. The van der Waals surface area contributed by atoms with Gasteiger partial charge in [0.15, 0.2) is 0 Å². The number of amides is 1. The summed E-state index contributed by atoms with van der Waals surface area (Å²) in [4.78, 5) is 15.2. The third kappa shape index (κ3) is 3.99. The van der Waals surface area contributed by atoms with Crippen LogP contribution in [0, 0.1) is 6.92 Å². The van der Waals surface area contributed by atoms with Crippen molar-refractivity contribution >= 4 is 29.0 Å². The average Bonchev–Trinajstić information content (AvgIpc) is 3.20. The molecule has 3 aromatic carbocycles. The number of benzene rings is 3. The highest BCUT2D eigenvalue weighted by Gasteiger charge is 2.26. The molecule has 6 heteroatoms. The SMILES string of the molecule is Cc1cccc(-c2nnc(SCC(=O)N3c4ccccc4CCc4ccccc43)o2)c1. The molecule has 0 fully saturated rings. The summed E-state index contributed by atoms with van der Waals surface area (Å²) in [5.41, 5.74) is 6.25. The predicted octanol–water partition coefficient (Wildman–Crippen LogP) is 5.60. The van der Waals surface area contributed by atoms with E-state index < -0.39 is 0 Å². The number of thioether (sulfide) groups is 1. The number of carbonyl (C=O) groups excluding carboxylic acids is 1. The molecule has 0 atom stereocenters. The lowest BCUT2D eigenvalue weighted by molar-refractivity contribution is -0.115. The number of rotatable bonds is 4. The van der Waals surface area contributed by atoms with Crippen LogP contribution in [0.1, 0.15) is 16.7 Å². The van der Waals surface area contributed by atoms with Crippen molar-refractivity contribution in [3.05, 3.63) is 89.5 Å². The Labute approximate surface area is 185 Å². The summed E-state index contributed by atoms with van der Waals surface area (Å²) >= 11 is 1.27. The van der Waals surface area contributed by atoms with E-state index in [4.69, 9.17) is 4.42 Å². The molecule has 1 amide bonds. The van der Waals surface area contributed by atoms with Crippen LogP contribution < -0.4 is 4.90 Å². The molecule has 0 unspecified atom stereocenters. The Morgan fingerprint density at radius 1 is 0.935 bits per heavy atom. The third-order valence-corrected chi connectivity index (χ3v) is 6.17. The first-order valence-electron chi connectivity index (χ1n) is 10.2. The zero-order valence-corrected chi connectivity index (χ0v) is 17.9. The molecule has 1 aliphatic heterocycles. The van der Waals surface area contributed by atoms with Gasteiger partial charge in [-0.1, -0.05) is 65.9 Å². The zero-order valence-electron chi connectivity index (χ0n) is 17.1. The maximum Gasteiger partial charge on any atom is 0.277 e. The largest absolute Gasteiger partial charge is 0.411 e. The molecule has 4 aromatic rings. The molecular formula is C25H21N3O2S. The molecule has 5 nitrogen and oxygen atoms in total. The van der Waals surface area contributed by atoms with Gasteiger partial charge in [-0.05, 0) is 55.2 Å². The first-order chi connectivity index (χ1) is 15.2. The molecular weight excluding hydrogens is 406 g/mol. The Bertz CT molecular complexity index is 1200. The van der Waals surface area contributed by atoms with Gasteiger partial charge in [-0.2, -0.15) is 0 Å². The Morgan fingerprint density at radius 3 is 2.29 bits per heavy atom. The van der Waals surface area contributed by atoms with E-state index in [0.29, 0.717) is 11.1 Å². The Balaban J connectivity index is 1.39. The van der Waals surface area contributed by atoms with Crippen molar-refractivity contribution in [2.45, 2.75) is 25.0 Å². The molecule has 2 heterocycles. The second-order valence-electron chi connectivity index (χ2n) is 7.52. The van der Waals surface area contributed by atoms with Gasteiger partial charge in [0.2, 0.25) is 11.8 Å².